The van der Waals surface area contributed by atoms with Crippen LogP contribution in [0.5, 0.6) is 0 Å². The van der Waals surface area contributed by atoms with Crippen molar-refractivity contribution in [3.05, 3.63) is 41.5 Å². The van der Waals surface area contributed by atoms with E-state index < -0.39 is 34.0 Å². The van der Waals surface area contributed by atoms with E-state index in [2.05, 4.69) is 9.97 Å². The van der Waals surface area contributed by atoms with Crippen molar-refractivity contribution in [3.8, 4) is 0 Å². The molecule has 7 nitrogen and oxygen atoms in total. The van der Waals surface area contributed by atoms with Crippen LogP contribution in [0.4, 0.5) is 29.2 Å². The van der Waals surface area contributed by atoms with Gasteiger partial charge in [-0.05, 0) is 24.1 Å². The minimum absolute atomic E-state index is 0.0508. The fourth-order valence-corrected chi connectivity index (χ4v) is 4.67. The van der Waals surface area contributed by atoms with Crippen LogP contribution in [-0.2, 0) is 22.4 Å². The molecule has 1 aromatic carbocycles. The first-order valence-electron chi connectivity index (χ1n) is 10.4. The van der Waals surface area contributed by atoms with Crippen LogP contribution in [-0.4, -0.2) is 62.0 Å². The van der Waals surface area contributed by atoms with Gasteiger partial charge in [0.05, 0.1) is 17.3 Å². The van der Waals surface area contributed by atoms with Crippen LogP contribution in [0.2, 0.25) is 0 Å². The summed E-state index contributed by atoms with van der Waals surface area (Å²) in [6.07, 6.45) is -3.19. The van der Waals surface area contributed by atoms with Gasteiger partial charge < -0.3 is 14.9 Å². The second-order valence-electron chi connectivity index (χ2n) is 8.34. The van der Waals surface area contributed by atoms with Crippen LogP contribution < -0.4 is 9.80 Å². The van der Waals surface area contributed by atoms with Crippen molar-refractivity contribution < 1.29 is 31.1 Å². The monoisotopic (exact) mass is 490 g/mol. The summed E-state index contributed by atoms with van der Waals surface area (Å²) in [6, 6.07) is 3.71. The smallest absolute Gasteiger partial charge is 0.396 e. The van der Waals surface area contributed by atoms with Crippen molar-refractivity contribution in [2.75, 3.05) is 42.3 Å². The lowest BCUT2D eigenvalue weighted by Gasteiger charge is -2.44. The topological polar surface area (TPSA) is 86.6 Å². The Labute approximate surface area is 190 Å². The fraction of sp³-hybridized carbons (Fsp3) is 0.524. The molecule has 3 rings (SSSR count). The first kappa shape index (κ1) is 25.2. The standard InChI is InChI=1S/C21H26F4N4O3S/c1-13(2)18-12-28(14-4-5-16(22)19(10-14)33(3,31)32)7-8-29(18)20-26-11-15(21(23,24)25)17(27-20)6-9-30/h4-5,10-11,13,18,30H,6-9,12H2,1-3H3/t18-/m0/s1. The number of aromatic nitrogens is 2. The molecule has 1 saturated heterocycles. The molecule has 0 saturated carbocycles. The highest BCUT2D eigenvalue weighted by molar-refractivity contribution is 7.90. The molecule has 0 amide bonds. The average Bonchev–Trinajstić information content (AvgIpc) is 2.72. The molecule has 0 aliphatic carbocycles. The largest absolute Gasteiger partial charge is 0.419 e. The van der Waals surface area contributed by atoms with Crippen molar-refractivity contribution in [3.63, 3.8) is 0 Å². The Hall–Kier alpha value is -2.47. The summed E-state index contributed by atoms with van der Waals surface area (Å²) >= 11 is 0. The molecular formula is C21H26F4N4O3S. The lowest BCUT2D eigenvalue weighted by Crippen LogP contribution is -2.56. The van der Waals surface area contributed by atoms with Crippen molar-refractivity contribution in [2.24, 2.45) is 5.92 Å². The summed E-state index contributed by atoms with van der Waals surface area (Å²) in [6.45, 7) is 4.59. The van der Waals surface area contributed by atoms with Crippen LogP contribution in [0.1, 0.15) is 25.1 Å². The van der Waals surface area contributed by atoms with Gasteiger partial charge in [-0.2, -0.15) is 13.2 Å². The van der Waals surface area contributed by atoms with Crippen molar-refractivity contribution in [1.29, 1.82) is 0 Å². The number of nitrogens with zero attached hydrogens (tertiary/aromatic N) is 4. The highest BCUT2D eigenvalue weighted by Gasteiger charge is 2.37. The van der Waals surface area contributed by atoms with Gasteiger partial charge in [0.15, 0.2) is 9.84 Å². The third kappa shape index (κ3) is 5.55. The minimum Gasteiger partial charge on any atom is -0.396 e. The number of rotatable bonds is 6. The summed E-state index contributed by atoms with van der Waals surface area (Å²) in [5.74, 6) is -0.634. The predicted molar refractivity (Wildman–Crippen MR) is 116 cm³/mol. The Morgan fingerprint density at radius 2 is 1.94 bits per heavy atom. The number of halogens is 4. The van der Waals surface area contributed by atoms with Crippen LogP contribution in [0.3, 0.4) is 0 Å². The van der Waals surface area contributed by atoms with Gasteiger partial charge in [-0.25, -0.2) is 22.8 Å². The first-order valence-corrected chi connectivity index (χ1v) is 12.3. The van der Waals surface area contributed by atoms with E-state index in [0.717, 1.165) is 18.5 Å². The molecule has 1 aromatic heterocycles. The van der Waals surface area contributed by atoms with E-state index in [9.17, 15) is 31.1 Å². The van der Waals surface area contributed by atoms with E-state index in [1.54, 1.807) is 0 Å². The SMILES string of the molecule is CC(C)[C@@H]1CN(c2ccc(F)c(S(C)(=O)=O)c2)CCN1c1ncc(C(F)(F)F)c(CCO)n1. The van der Waals surface area contributed by atoms with Crippen molar-refractivity contribution in [1.82, 2.24) is 9.97 Å². The normalized spacial score (nSPS) is 17.7. The van der Waals surface area contributed by atoms with Gasteiger partial charge in [-0.1, -0.05) is 13.8 Å². The third-order valence-corrected chi connectivity index (χ3v) is 6.75. The van der Waals surface area contributed by atoms with Gasteiger partial charge in [0.1, 0.15) is 10.7 Å². The van der Waals surface area contributed by atoms with Gasteiger partial charge in [0, 0.05) is 50.8 Å². The molecule has 0 radical (unpaired) electrons. The number of anilines is 2. The molecule has 1 aliphatic rings. The number of benzene rings is 1. The van der Waals surface area contributed by atoms with E-state index in [4.69, 9.17) is 0 Å². The number of piperazine rings is 1. The minimum atomic E-state index is -4.63. The molecule has 33 heavy (non-hydrogen) atoms. The molecular weight excluding hydrogens is 464 g/mol. The molecule has 2 aromatic rings. The zero-order valence-corrected chi connectivity index (χ0v) is 19.3. The number of sulfone groups is 1. The molecule has 0 bridgehead atoms. The third-order valence-electron chi connectivity index (χ3n) is 5.63. The Morgan fingerprint density at radius 1 is 1.24 bits per heavy atom. The second kappa shape index (κ2) is 9.41. The van der Waals surface area contributed by atoms with E-state index >= 15 is 0 Å². The van der Waals surface area contributed by atoms with E-state index in [1.807, 2.05) is 23.6 Å². The number of aliphatic hydroxyl groups excluding tert-OH is 1. The Bertz CT molecular complexity index is 1110. The lowest BCUT2D eigenvalue weighted by molar-refractivity contribution is -0.138. The van der Waals surface area contributed by atoms with E-state index in [1.165, 1.54) is 12.1 Å². The van der Waals surface area contributed by atoms with E-state index in [0.29, 0.717) is 25.3 Å². The molecule has 2 heterocycles. The van der Waals surface area contributed by atoms with E-state index in [-0.39, 0.29) is 34.9 Å². The average molecular weight is 491 g/mol. The molecule has 1 aliphatic heterocycles. The van der Waals surface area contributed by atoms with Gasteiger partial charge in [0.25, 0.3) is 0 Å². The quantitative estimate of drug-likeness (QED) is 0.623. The van der Waals surface area contributed by atoms with Crippen molar-refractivity contribution >= 4 is 21.5 Å². The molecule has 182 valence electrons. The number of hydrogen-bond donors (Lipinski definition) is 1. The highest BCUT2D eigenvalue weighted by Crippen LogP contribution is 2.33. The van der Waals surface area contributed by atoms with Crippen LogP contribution in [0.25, 0.3) is 0 Å². The fourth-order valence-electron chi connectivity index (χ4n) is 3.91. The maximum atomic E-state index is 14.0. The maximum absolute atomic E-state index is 14.0. The Balaban J connectivity index is 1.92. The molecule has 1 N–H and O–H groups in total. The molecule has 1 atom stereocenters. The van der Waals surface area contributed by atoms with Gasteiger partial charge >= 0.3 is 6.18 Å². The highest BCUT2D eigenvalue weighted by atomic mass is 32.2. The molecule has 0 unspecified atom stereocenters. The van der Waals surface area contributed by atoms with Gasteiger partial charge in [-0.3, -0.25) is 0 Å². The molecule has 12 heteroatoms. The maximum Gasteiger partial charge on any atom is 0.419 e. The Morgan fingerprint density at radius 3 is 2.52 bits per heavy atom. The first-order chi connectivity index (χ1) is 15.3. The van der Waals surface area contributed by atoms with Crippen LogP contribution in [0, 0.1) is 11.7 Å². The summed E-state index contributed by atoms with van der Waals surface area (Å²) in [5.41, 5.74) is -0.702. The zero-order valence-electron chi connectivity index (χ0n) is 18.5. The summed E-state index contributed by atoms with van der Waals surface area (Å²) in [4.78, 5) is 11.4. The van der Waals surface area contributed by atoms with Crippen LogP contribution >= 0.6 is 0 Å². The van der Waals surface area contributed by atoms with Crippen LogP contribution in [0.15, 0.2) is 29.3 Å². The summed E-state index contributed by atoms with van der Waals surface area (Å²) in [5, 5.41) is 9.19. The number of hydrogen-bond acceptors (Lipinski definition) is 7. The number of alkyl halides is 3. The predicted octanol–water partition coefficient (Wildman–Crippen LogP) is 2.92. The zero-order chi connectivity index (χ0) is 24.6. The lowest BCUT2D eigenvalue weighted by atomic mass is 9.99. The van der Waals surface area contributed by atoms with Crippen molar-refractivity contribution in [2.45, 2.75) is 37.4 Å². The second-order valence-corrected chi connectivity index (χ2v) is 10.3. The van der Waals surface area contributed by atoms with Gasteiger partial charge in [0.2, 0.25) is 5.95 Å². The summed E-state index contributed by atoms with van der Waals surface area (Å²) < 4.78 is 77.7. The molecule has 0 spiro atoms. The van der Waals surface area contributed by atoms with Gasteiger partial charge in [-0.15, -0.1) is 0 Å². The summed E-state index contributed by atoms with van der Waals surface area (Å²) in [7, 11) is -3.75. The molecule has 1 fully saturated rings. The Kier molecular flexibility index (Phi) is 7.18. The number of aliphatic hydroxyl groups is 1.